The summed E-state index contributed by atoms with van der Waals surface area (Å²) < 4.78 is 0. The Kier molecular flexibility index (Phi) is 21.2. The van der Waals surface area contributed by atoms with Crippen molar-refractivity contribution < 1.29 is 41.4 Å². The van der Waals surface area contributed by atoms with Crippen LogP contribution in [0, 0.1) is 0 Å². The molecule has 0 amide bonds. The Morgan fingerprint density at radius 2 is 0.850 bits per heavy atom. The largest absolute Gasteiger partial charge is 0.543 e. The third-order valence-electron chi connectivity index (χ3n) is 2.80. The van der Waals surface area contributed by atoms with Crippen molar-refractivity contribution >= 4 is 11.9 Å². The summed E-state index contributed by atoms with van der Waals surface area (Å²) in [5, 5.41) is 22.6. The lowest BCUT2D eigenvalue weighted by Crippen LogP contribution is -2.85. The SMILES string of the molecule is C1CC[NH2+]CC1.C1CC[NH2+]CC1.O.O.O=C([O-])C(=O)[O-]. The number of nitrogens with two attached hydrogens (primary N) is 2. The van der Waals surface area contributed by atoms with Gasteiger partial charge in [-0.2, -0.15) is 0 Å². The van der Waals surface area contributed by atoms with Crippen molar-refractivity contribution in [2.45, 2.75) is 38.5 Å². The number of carbonyl (C=O) groups is 2. The zero-order valence-electron chi connectivity index (χ0n) is 11.9. The second kappa shape index (κ2) is 17.8. The first-order valence-corrected chi connectivity index (χ1v) is 6.70. The summed E-state index contributed by atoms with van der Waals surface area (Å²) in [5.74, 6) is -4.37. The molecule has 0 spiro atoms. The number of hydrogen-bond donors (Lipinski definition) is 2. The zero-order chi connectivity index (χ0) is 13.6. The highest BCUT2D eigenvalue weighted by molar-refractivity contribution is 6.25. The monoisotopic (exact) mass is 296 g/mol. The average Bonchev–Trinajstić information content (AvgIpc) is 2.44. The summed E-state index contributed by atoms with van der Waals surface area (Å²) >= 11 is 0. The van der Waals surface area contributed by atoms with E-state index in [0.717, 1.165) is 0 Å². The highest BCUT2D eigenvalue weighted by Gasteiger charge is 1.98. The Labute approximate surface area is 119 Å². The first kappa shape index (κ1) is 23.8. The Bertz CT molecular complexity index is 183. The lowest BCUT2D eigenvalue weighted by molar-refractivity contribution is -0.662. The van der Waals surface area contributed by atoms with Crippen LogP contribution < -0.4 is 20.8 Å². The molecule has 0 aromatic heterocycles. The Morgan fingerprint density at radius 3 is 0.900 bits per heavy atom. The van der Waals surface area contributed by atoms with Gasteiger partial charge < -0.3 is 41.4 Å². The van der Waals surface area contributed by atoms with Crippen molar-refractivity contribution in [3.63, 3.8) is 0 Å². The van der Waals surface area contributed by atoms with Crippen molar-refractivity contribution in [1.82, 2.24) is 0 Å². The van der Waals surface area contributed by atoms with E-state index in [4.69, 9.17) is 19.8 Å². The number of quaternary nitrogens is 2. The van der Waals surface area contributed by atoms with Gasteiger partial charge in [0.1, 0.15) is 0 Å². The maximum absolute atomic E-state index is 8.93. The predicted octanol–water partition coefficient (Wildman–Crippen LogP) is -5.70. The standard InChI is InChI=1S/2C5H11N.C2H2O4.2H2O/c2*1-2-4-6-5-3-1;3-1(4)2(5)6;;/h2*6H,1-5H2;(H,3,4)(H,5,6);2*1H2. The van der Waals surface area contributed by atoms with Gasteiger partial charge in [0.15, 0.2) is 0 Å². The van der Waals surface area contributed by atoms with E-state index in [-0.39, 0.29) is 11.0 Å². The van der Waals surface area contributed by atoms with Gasteiger partial charge in [0.2, 0.25) is 0 Å². The molecule has 0 aromatic rings. The van der Waals surface area contributed by atoms with Gasteiger partial charge in [-0.3, -0.25) is 0 Å². The van der Waals surface area contributed by atoms with Gasteiger partial charge in [-0.25, -0.2) is 0 Å². The Hall–Kier alpha value is -1.22. The fourth-order valence-corrected chi connectivity index (χ4v) is 1.80. The molecule has 2 aliphatic rings. The minimum Gasteiger partial charge on any atom is -0.543 e. The van der Waals surface area contributed by atoms with Crippen molar-refractivity contribution in [3.05, 3.63) is 0 Å². The van der Waals surface area contributed by atoms with Gasteiger partial charge in [0.25, 0.3) is 0 Å². The summed E-state index contributed by atoms with van der Waals surface area (Å²) in [5.41, 5.74) is 0. The number of carbonyl (C=O) groups excluding carboxylic acids is 2. The van der Waals surface area contributed by atoms with E-state index in [1.54, 1.807) is 0 Å². The molecule has 2 saturated heterocycles. The second-order valence-corrected chi connectivity index (χ2v) is 4.43. The molecule has 0 bridgehead atoms. The maximum Gasteiger partial charge on any atom is 0.0870 e. The van der Waals surface area contributed by atoms with Gasteiger partial charge in [-0.05, 0) is 38.5 Å². The van der Waals surface area contributed by atoms with Gasteiger partial charge in [0, 0.05) is 0 Å². The van der Waals surface area contributed by atoms with E-state index in [1.807, 2.05) is 0 Å². The fourth-order valence-electron chi connectivity index (χ4n) is 1.80. The van der Waals surface area contributed by atoms with Crippen LogP contribution in [0.2, 0.25) is 0 Å². The van der Waals surface area contributed by atoms with Crippen molar-refractivity contribution in [2.75, 3.05) is 26.2 Å². The number of carboxylic acids is 2. The number of rotatable bonds is 0. The lowest BCUT2D eigenvalue weighted by Gasteiger charge is -2.05. The molecule has 2 aliphatic heterocycles. The highest BCUT2D eigenvalue weighted by Crippen LogP contribution is 1.91. The van der Waals surface area contributed by atoms with E-state index >= 15 is 0 Å². The van der Waals surface area contributed by atoms with E-state index < -0.39 is 11.9 Å². The molecule has 2 rings (SSSR count). The minimum absolute atomic E-state index is 0. The fraction of sp³-hybridized carbons (Fsp3) is 0.833. The minimum atomic E-state index is -2.19. The molecule has 8 N–H and O–H groups in total. The quantitative estimate of drug-likeness (QED) is 0.423. The van der Waals surface area contributed by atoms with Crippen LogP contribution in [0.4, 0.5) is 0 Å². The average molecular weight is 296 g/mol. The van der Waals surface area contributed by atoms with Crippen molar-refractivity contribution in [2.24, 2.45) is 0 Å². The second-order valence-electron chi connectivity index (χ2n) is 4.43. The molecule has 8 heteroatoms. The molecule has 20 heavy (non-hydrogen) atoms. The first-order valence-electron chi connectivity index (χ1n) is 6.70. The molecular formula is C12H28N2O6. The predicted molar refractivity (Wildman–Crippen MR) is 68.3 cm³/mol. The summed E-state index contributed by atoms with van der Waals surface area (Å²) in [6.07, 6.45) is 8.72. The zero-order valence-corrected chi connectivity index (χ0v) is 11.9. The molecule has 2 heterocycles. The normalized spacial score (nSPS) is 16.6. The van der Waals surface area contributed by atoms with Crippen LogP contribution in [0.3, 0.4) is 0 Å². The van der Waals surface area contributed by atoms with E-state index in [9.17, 15) is 0 Å². The summed E-state index contributed by atoms with van der Waals surface area (Å²) in [7, 11) is 0. The van der Waals surface area contributed by atoms with Crippen molar-refractivity contribution in [3.8, 4) is 0 Å². The van der Waals surface area contributed by atoms with E-state index in [1.165, 1.54) is 64.7 Å². The lowest BCUT2D eigenvalue weighted by atomic mass is 10.2. The molecule has 0 aromatic carbocycles. The topological polar surface area (TPSA) is 176 Å². The van der Waals surface area contributed by atoms with Crippen molar-refractivity contribution in [1.29, 1.82) is 0 Å². The van der Waals surface area contributed by atoms with Gasteiger partial charge in [-0.1, -0.05) is 0 Å². The Morgan fingerprint density at radius 1 is 0.600 bits per heavy atom. The van der Waals surface area contributed by atoms with E-state index in [0.29, 0.717) is 0 Å². The van der Waals surface area contributed by atoms with Crippen LogP contribution in [0.1, 0.15) is 38.5 Å². The molecule has 0 unspecified atom stereocenters. The molecule has 122 valence electrons. The van der Waals surface area contributed by atoms with Gasteiger partial charge in [0.05, 0.1) is 38.1 Å². The number of aliphatic carboxylic acids is 2. The Balaban J connectivity index is -0.000000206. The number of piperidine rings is 2. The molecule has 0 atom stereocenters. The number of carboxylic acid groups (broad SMARTS) is 2. The smallest absolute Gasteiger partial charge is 0.0870 e. The van der Waals surface area contributed by atoms with Crippen LogP contribution >= 0.6 is 0 Å². The summed E-state index contributed by atoms with van der Waals surface area (Å²) in [4.78, 5) is 17.9. The molecule has 2 fully saturated rings. The molecule has 0 aliphatic carbocycles. The van der Waals surface area contributed by atoms with Gasteiger partial charge in [-0.15, -0.1) is 0 Å². The first-order chi connectivity index (χ1) is 8.64. The van der Waals surface area contributed by atoms with Crippen LogP contribution in [0.15, 0.2) is 0 Å². The number of hydrogen-bond acceptors (Lipinski definition) is 4. The summed E-state index contributed by atoms with van der Waals surface area (Å²) in [6, 6.07) is 0. The molecule has 8 nitrogen and oxygen atoms in total. The third kappa shape index (κ3) is 19.1. The van der Waals surface area contributed by atoms with Crippen LogP contribution in [-0.2, 0) is 9.59 Å². The molecule has 0 saturated carbocycles. The molecular weight excluding hydrogens is 268 g/mol. The molecule has 0 radical (unpaired) electrons. The van der Waals surface area contributed by atoms with E-state index in [2.05, 4.69) is 10.6 Å². The van der Waals surface area contributed by atoms with Crippen LogP contribution in [0.5, 0.6) is 0 Å². The van der Waals surface area contributed by atoms with Crippen LogP contribution in [0.25, 0.3) is 0 Å². The van der Waals surface area contributed by atoms with Crippen LogP contribution in [-0.4, -0.2) is 49.1 Å². The maximum atomic E-state index is 8.93. The van der Waals surface area contributed by atoms with Gasteiger partial charge >= 0.3 is 0 Å². The third-order valence-corrected chi connectivity index (χ3v) is 2.80. The highest BCUT2D eigenvalue weighted by atomic mass is 16.4. The summed E-state index contributed by atoms with van der Waals surface area (Å²) in [6.45, 7) is 5.50.